The Kier molecular flexibility index (Phi) is 16.6. The van der Waals surface area contributed by atoms with Crippen molar-refractivity contribution >= 4 is 18.8 Å². The van der Waals surface area contributed by atoms with E-state index in [-0.39, 0.29) is 55.4 Å². The number of nitrogens with one attached hydrogen (secondary N) is 2. The number of amides is 2. The number of quaternary nitrogens is 1. The summed E-state index contributed by atoms with van der Waals surface area (Å²) >= 11 is 0. The second kappa shape index (κ2) is 19.8. The van der Waals surface area contributed by atoms with Gasteiger partial charge in [0.2, 0.25) is 17.6 Å². The van der Waals surface area contributed by atoms with Gasteiger partial charge in [0.05, 0.1) is 86.4 Å². The van der Waals surface area contributed by atoms with E-state index in [2.05, 4.69) is 31.0 Å². The molecule has 2 rings (SSSR count). The van der Waals surface area contributed by atoms with Crippen molar-refractivity contribution in [3.05, 3.63) is 36.2 Å². The smallest absolute Gasteiger partial charge is 0.445 e. The van der Waals surface area contributed by atoms with Gasteiger partial charge in [-0.2, -0.15) is 0 Å². The van der Waals surface area contributed by atoms with Crippen LogP contribution in [0.5, 0.6) is 0 Å². The molecule has 0 radical (unpaired) electrons. The third-order valence-electron chi connectivity index (χ3n) is 5.91. The van der Waals surface area contributed by atoms with E-state index in [1.165, 1.54) is 20.4 Å². The molecule has 13 nitrogen and oxygen atoms in total. The van der Waals surface area contributed by atoms with Crippen molar-refractivity contribution in [2.24, 2.45) is 0 Å². The van der Waals surface area contributed by atoms with Crippen LogP contribution in [0.1, 0.15) is 18.4 Å². The number of carbonyl (C=O) groups is 2. The minimum Gasteiger partial charge on any atom is -0.445 e. The van der Waals surface area contributed by atoms with E-state index in [4.69, 9.17) is 18.9 Å². The Morgan fingerprint density at radius 1 is 0.767 bits per heavy atom. The van der Waals surface area contributed by atoms with E-state index >= 15 is 0 Å². The highest BCUT2D eigenvalue weighted by Gasteiger charge is 2.33. The van der Waals surface area contributed by atoms with Crippen molar-refractivity contribution in [1.29, 1.82) is 0 Å². The minimum absolute atomic E-state index is 0.0163. The Balaban J connectivity index is 1.34. The molecule has 0 aliphatic heterocycles. The molecule has 0 unspecified atom stereocenters. The fourth-order valence-corrected chi connectivity index (χ4v) is 3.71. The van der Waals surface area contributed by atoms with Crippen LogP contribution < -0.4 is 10.6 Å². The molecular weight excluding hydrogens is 574 g/mol. The van der Waals surface area contributed by atoms with Crippen molar-refractivity contribution in [3.63, 3.8) is 0 Å². The molecule has 0 bridgehead atoms. The number of rotatable bonds is 23. The number of aromatic nitrogens is 4. The van der Waals surface area contributed by atoms with Gasteiger partial charge in [-0.05, 0) is 5.56 Å². The van der Waals surface area contributed by atoms with Crippen LogP contribution in [-0.4, -0.2) is 130 Å². The average Bonchev–Trinajstić information content (AvgIpc) is 2.96. The Hall–Kier alpha value is -3.25. The van der Waals surface area contributed by atoms with Crippen LogP contribution >= 0.6 is 0 Å². The van der Waals surface area contributed by atoms with Crippen LogP contribution in [0, 0.1) is 0 Å². The first-order chi connectivity index (χ1) is 20.5. The molecule has 0 saturated heterocycles. The molecular formula is C26H41BF3N7O6. The van der Waals surface area contributed by atoms with Gasteiger partial charge in [-0.3, -0.25) is 9.59 Å². The van der Waals surface area contributed by atoms with Crippen LogP contribution in [-0.2, 0) is 35.1 Å². The van der Waals surface area contributed by atoms with Gasteiger partial charge in [0.25, 0.3) is 0 Å². The van der Waals surface area contributed by atoms with Gasteiger partial charge in [-0.1, -0.05) is 24.3 Å². The Morgan fingerprint density at radius 3 is 1.88 bits per heavy atom. The van der Waals surface area contributed by atoms with E-state index in [0.29, 0.717) is 52.0 Å². The van der Waals surface area contributed by atoms with Crippen LogP contribution in [0.3, 0.4) is 0 Å². The topological polar surface area (TPSA) is 147 Å². The number of hydrogen-bond acceptors (Lipinski definition) is 10. The molecule has 17 heteroatoms. The van der Waals surface area contributed by atoms with Crippen molar-refractivity contribution in [1.82, 2.24) is 31.0 Å². The summed E-state index contributed by atoms with van der Waals surface area (Å²) in [5.74, 6) is 0.00717. The maximum absolute atomic E-state index is 12.6. The number of benzene rings is 1. The van der Waals surface area contributed by atoms with Crippen LogP contribution in [0.2, 0.25) is 0 Å². The van der Waals surface area contributed by atoms with E-state index < -0.39 is 13.4 Å². The Labute approximate surface area is 249 Å². The Morgan fingerprint density at radius 2 is 1.30 bits per heavy atom. The van der Waals surface area contributed by atoms with Gasteiger partial charge < -0.3 is 47.0 Å². The molecule has 1 aromatic heterocycles. The zero-order valence-corrected chi connectivity index (χ0v) is 24.7. The molecule has 2 N–H and O–H groups in total. The van der Waals surface area contributed by atoms with Gasteiger partial charge in [0.15, 0.2) is 6.33 Å². The van der Waals surface area contributed by atoms with Crippen molar-refractivity contribution in [2.75, 3.05) is 86.5 Å². The molecule has 0 atom stereocenters. The zero-order valence-electron chi connectivity index (χ0n) is 24.7. The second-order valence-electron chi connectivity index (χ2n) is 10.2. The van der Waals surface area contributed by atoms with Crippen LogP contribution in [0.15, 0.2) is 30.6 Å². The SMILES string of the molecule is C[N+](C)(CCC(=O)NCCOCCOCCOCCOCCC(=O)NCc1ccc(-c2nncnn2)cc1)C[B-](F)(F)F. The second-order valence-corrected chi connectivity index (χ2v) is 10.2. The lowest BCUT2D eigenvalue weighted by atomic mass is 9.90. The summed E-state index contributed by atoms with van der Waals surface area (Å²) in [6, 6.07) is 7.43. The first kappa shape index (κ1) is 35.9. The van der Waals surface area contributed by atoms with Gasteiger partial charge in [-0.15, -0.1) is 20.4 Å². The normalized spacial score (nSPS) is 11.8. The lowest BCUT2D eigenvalue weighted by Crippen LogP contribution is -2.50. The fourth-order valence-electron chi connectivity index (χ4n) is 3.71. The molecule has 2 aromatic rings. The molecule has 0 spiro atoms. The van der Waals surface area contributed by atoms with E-state index in [0.717, 1.165) is 11.1 Å². The molecule has 0 aliphatic carbocycles. The maximum Gasteiger partial charge on any atom is 0.531 e. The van der Waals surface area contributed by atoms with Gasteiger partial charge in [0.1, 0.15) is 0 Å². The predicted molar refractivity (Wildman–Crippen MR) is 151 cm³/mol. The molecule has 1 aromatic carbocycles. The van der Waals surface area contributed by atoms with E-state index in [9.17, 15) is 22.5 Å². The summed E-state index contributed by atoms with van der Waals surface area (Å²) in [7, 11) is 2.91. The number of halogens is 3. The lowest BCUT2D eigenvalue weighted by Gasteiger charge is -2.34. The number of ether oxygens (including phenoxy) is 4. The standard InChI is InChI=1S/C26H41BF3N7O6/c1-37(2,20-27(28,29)30)10-7-24(38)31-9-12-41-14-16-43-18-17-42-15-13-40-11-8-25(39)32-19-22-3-5-23(6-4-22)26-35-33-21-34-36-26/h3-6,21H,7-20H2,1-2H3,(H,31,38)(H,32,39). The van der Waals surface area contributed by atoms with Crippen LogP contribution in [0.25, 0.3) is 11.4 Å². The van der Waals surface area contributed by atoms with E-state index in [1.54, 1.807) is 0 Å². The first-order valence-corrected chi connectivity index (χ1v) is 14.0. The van der Waals surface area contributed by atoms with E-state index in [1.807, 2.05) is 24.3 Å². The highest BCUT2D eigenvalue weighted by atomic mass is 19.4. The third-order valence-corrected chi connectivity index (χ3v) is 5.91. The van der Waals surface area contributed by atoms with Crippen molar-refractivity contribution in [2.45, 2.75) is 19.4 Å². The number of nitrogens with zero attached hydrogens (tertiary/aromatic N) is 5. The van der Waals surface area contributed by atoms with Gasteiger partial charge in [-0.25, -0.2) is 0 Å². The minimum atomic E-state index is -4.90. The largest absolute Gasteiger partial charge is 0.531 e. The summed E-state index contributed by atoms with van der Waals surface area (Å²) in [5.41, 5.74) is 1.72. The molecule has 1 heterocycles. The zero-order chi connectivity index (χ0) is 31.4. The fraction of sp³-hybridized carbons (Fsp3) is 0.615. The molecule has 240 valence electrons. The molecule has 0 saturated carbocycles. The average molecular weight is 615 g/mol. The quantitative estimate of drug-likeness (QED) is 0.105. The number of hydrogen-bond donors (Lipinski definition) is 2. The first-order valence-electron chi connectivity index (χ1n) is 14.0. The molecule has 43 heavy (non-hydrogen) atoms. The summed E-state index contributed by atoms with van der Waals surface area (Å²) in [4.78, 5) is 23.8. The number of carbonyl (C=O) groups excluding carboxylic acids is 2. The lowest BCUT2D eigenvalue weighted by molar-refractivity contribution is -0.881. The monoisotopic (exact) mass is 615 g/mol. The predicted octanol–water partition coefficient (Wildman–Crippen LogP) is 0.976. The molecule has 2 amide bonds. The van der Waals surface area contributed by atoms with Gasteiger partial charge in [0, 0.05) is 25.1 Å². The summed E-state index contributed by atoms with van der Waals surface area (Å²) in [5, 5.41) is 20.7. The maximum atomic E-state index is 12.6. The summed E-state index contributed by atoms with van der Waals surface area (Å²) in [6.07, 6.45) is 0.598. The van der Waals surface area contributed by atoms with Crippen LogP contribution in [0.4, 0.5) is 12.9 Å². The summed E-state index contributed by atoms with van der Waals surface area (Å²) in [6.45, 7) is -1.39. The van der Waals surface area contributed by atoms with Gasteiger partial charge >= 0.3 is 6.98 Å². The van der Waals surface area contributed by atoms with Crippen molar-refractivity contribution in [3.8, 4) is 11.4 Å². The third kappa shape index (κ3) is 18.1. The highest BCUT2D eigenvalue weighted by molar-refractivity contribution is 6.58. The molecule has 0 fully saturated rings. The Bertz CT molecular complexity index is 1070. The molecule has 0 aliphatic rings. The highest BCUT2D eigenvalue weighted by Crippen LogP contribution is 2.15. The van der Waals surface area contributed by atoms with Crippen molar-refractivity contribution < 1.29 is 46.0 Å². The summed E-state index contributed by atoms with van der Waals surface area (Å²) < 4.78 is 59.1.